The molecule has 0 fully saturated rings. The Morgan fingerprint density at radius 3 is 2.67 bits per heavy atom. The van der Waals surface area contributed by atoms with Crippen molar-refractivity contribution in [1.29, 1.82) is 0 Å². The molecular formula is C16H24N4O4. The van der Waals surface area contributed by atoms with Gasteiger partial charge in [0.1, 0.15) is 17.6 Å². The van der Waals surface area contributed by atoms with Crippen LogP contribution in [0.25, 0.3) is 5.82 Å². The van der Waals surface area contributed by atoms with Crippen LogP contribution in [0.5, 0.6) is 0 Å². The number of aromatic nitrogens is 3. The second-order valence-corrected chi connectivity index (χ2v) is 6.66. The van der Waals surface area contributed by atoms with Gasteiger partial charge in [0.15, 0.2) is 5.82 Å². The zero-order chi connectivity index (χ0) is 18.1. The monoisotopic (exact) mass is 336 g/mol. The van der Waals surface area contributed by atoms with Crippen LogP contribution in [-0.4, -0.2) is 32.9 Å². The molecule has 8 heteroatoms. The number of hydrogen-bond acceptors (Lipinski definition) is 6. The number of carbonyl (C=O) groups is 1. The van der Waals surface area contributed by atoms with E-state index in [-0.39, 0.29) is 11.1 Å². The molecule has 0 saturated carbocycles. The molecule has 2 heterocycles. The van der Waals surface area contributed by atoms with E-state index < -0.39 is 12.0 Å². The molecule has 0 aliphatic carbocycles. The van der Waals surface area contributed by atoms with Crippen LogP contribution < -0.4 is 11.0 Å². The highest BCUT2D eigenvalue weighted by molar-refractivity contribution is 5.78. The molecule has 0 spiro atoms. The average Bonchev–Trinajstić information content (AvgIpc) is 3.05. The predicted octanol–water partition coefficient (Wildman–Crippen LogP) is 1.82. The summed E-state index contributed by atoms with van der Waals surface area (Å²) in [5.41, 5.74) is -0.516. The SMILES string of the molecule is CCOC(=O)C(C)Nc1cn(C)c(=O)n1-c1cc(C(C)(C)C)on1. The summed E-state index contributed by atoms with van der Waals surface area (Å²) in [5.74, 6) is 1.08. The average molecular weight is 336 g/mol. The molecule has 1 N–H and O–H groups in total. The van der Waals surface area contributed by atoms with Crippen LogP contribution in [0.2, 0.25) is 0 Å². The Kier molecular flexibility index (Phi) is 4.86. The quantitative estimate of drug-likeness (QED) is 0.838. The fourth-order valence-electron chi connectivity index (χ4n) is 2.15. The third kappa shape index (κ3) is 3.52. The van der Waals surface area contributed by atoms with Crippen molar-refractivity contribution in [1.82, 2.24) is 14.3 Å². The molecule has 0 aliphatic heterocycles. The number of esters is 1. The third-order valence-electron chi connectivity index (χ3n) is 3.52. The minimum atomic E-state index is -0.605. The molecule has 0 amide bonds. The number of rotatable bonds is 5. The Hall–Kier alpha value is -2.51. The maximum Gasteiger partial charge on any atom is 0.335 e. The summed E-state index contributed by atoms with van der Waals surface area (Å²) >= 11 is 0. The van der Waals surface area contributed by atoms with Crippen LogP contribution in [0, 0.1) is 0 Å². The van der Waals surface area contributed by atoms with E-state index in [4.69, 9.17) is 9.26 Å². The molecule has 24 heavy (non-hydrogen) atoms. The van der Waals surface area contributed by atoms with Gasteiger partial charge in [-0.25, -0.2) is 14.2 Å². The van der Waals surface area contributed by atoms with Crippen LogP contribution in [-0.2, 0) is 22.0 Å². The standard InChI is InChI=1S/C16H24N4O4/c1-7-23-14(21)10(2)17-13-9-19(6)15(22)20(13)12-8-11(24-18-12)16(3,4)5/h8-10,17H,7H2,1-6H3. The molecule has 0 radical (unpaired) electrons. The van der Waals surface area contributed by atoms with Gasteiger partial charge < -0.3 is 14.6 Å². The zero-order valence-corrected chi connectivity index (χ0v) is 14.9. The van der Waals surface area contributed by atoms with Crippen LogP contribution in [0.3, 0.4) is 0 Å². The summed E-state index contributed by atoms with van der Waals surface area (Å²) in [6.45, 7) is 9.69. The fourth-order valence-corrected chi connectivity index (χ4v) is 2.15. The molecule has 2 aromatic heterocycles. The van der Waals surface area contributed by atoms with Gasteiger partial charge in [0.25, 0.3) is 0 Å². The Labute approximate surface area is 140 Å². The van der Waals surface area contributed by atoms with Crippen molar-refractivity contribution >= 4 is 11.8 Å². The van der Waals surface area contributed by atoms with Gasteiger partial charge in [0.05, 0.1) is 6.61 Å². The van der Waals surface area contributed by atoms with Crippen molar-refractivity contribution in [3.05, 3.63) is 28.5 Å². The first kappa shape index (κ1) is 17.8. The van der Waals surface area contributed by atoms with Gasteiger partial charge in [-0.1, -0.05) is 25.9 Å². The number of carbonyl (C=O) groups excluding carboxylic acids is 1. The van der Waals surface area contributed by atoms with E-state index in [2.05, 4.69) is 10.5 Å². The minimum Gasteiger partial charge on any atom is -0.464 e. The third-order valence-corrected chi connectivity index (χ3v) is 3.52. The maximum absolute atomic E-state index is 12.4. The van der Waals surface area contributed by atoms with E-state index in [9.17, 15) is 9.59 Å². The molecule has 0 aliphatic rings. The molecule has 1 unspecified atom stereocenters. The zero-order valence-electron chi connectivity index (χ0n) is 14.9. The minimum absolute atomic E-state index is 0.227. The smallest absolute Gasteiger partial charge is 0.335 e. The van der Waals surface area contributed by atoms with Crippen LogP contribution in [0.15, 0.2) is 21.6 Å². The van der Waals surface area contributed by atoms with E-state index >= 15 is 0 Å². The highest BCUT2D eigenvalue weighted by Gasteiger charge is 2.24. The molecular weight excluding hydrogens is 312 g/mol. The number of nitrogens with zero attached hydrogens (tertiary/aromatic N) is 3. The van der Waals surface area contributed by atoms with Crippen molar-refractivity contribution in [3.8, 4) is 5.82 Å². The van der Waals surface area contributed by atoms with Gasteiger partial charge >= 0.3 is 11.7 Å². The van der Waals surface area contributed by atoms with Gasteiger partial charge in [-0.15, -0.1) is 0 Å². The largest absolute Gasteiger partial charge is 0.464 e. The maximum atomic E-state index is 12.4. The molecule has 0 saturated heterocycles. The first-order valence-corrected chi connectivity index (χ1v) is 7.84. The number of hydrogen-bond donors (Lipinski definition) is 1. The van der Waals surface area contributed by atoms with E-state index in [1.807, 2.05) is 20.8 Å². The first-order chi connectivity index (χ1) is 11.1. The highest BCUT2D eigenvalue weighted by Crippen LogP contribution is 2.24. The van der Waals surface area contributed by atoms with Crippen molar-refractivity contribution in [2.24, 2.45) is 7.05 Å². The lowest BCUT2D eigenvalue weighted by molar-refractivity contribution is -0.143. The van der Waals surface area contributed by atoms with Crippen molar-refractivity contribution in [2.75, 3.05) is 11.9 Å². The predicted molar refractivity (Wildman–Crippen MR) is 89.5 cm³/mol. The van der Waals surface area contributed by atoms with Crippen LogP contribution >= 0.6 is 0 Å². The molecule has 0 bridgehead atoms. The van der Waals surface area contributed by atoms with E-state index in [1.54, 1.807) is 33.2 Å². The van der Waals surface area contributed by atoms with Gasteiger partial charge in [0.2, 0.25) is 0 Å². The normalized spacial score (nSPS) is 12.9. The van der Waals surface area contributed by atoms with Crippen molar-refractivity contribution in [3.63, 3.8) is 0 Å². The lowest BCUT2D eigenvalue weighted by Gasteiger charge is -2.14. The molecule has 132 valence electrons. The number of aryl methyl sites for hydroxylation is 1. The summed E-state index contributed by atoms with van der Waals surface area (Å²) in [6, 6.07) is 1.12. The Morgan fingerprint density at radius 1 is 1.46 bits per heavy atom. The summed E-state index contributed by atoms with van der Waals surface area (Å²) in [4.78, 5) is 24.2. The summed E-state index contributed by atoms with van der Waals surface area (Å²) in [6.07, 6.45) is 1.60. The number of anilines is 1. The molecule has 8 nitrogen and oxygen atoms in total. The van der Waals surface area contributed by atoms with E-state index in [1.165, 1.54) is 9.13 Å². The van der Waals surface area contributed by atoms with E-state index in [0.717, 1.165) is 0 Å². The molecule has 2 rings (SSSR count). The first-order valence-electron chi connectivity index (χ1n) is 7.84. The molecule has 0 aromatic carbocycles. The topological polar surface area (TPSA) is 91.3 Å². The summed E-state index contributed by atoms with van der Waals surface area (Å²) in [7, 11) is 1.63. The number of imidazole rings is 1. The fraction of sp³-hybridized carbons (Fsp3) is 0.562. The Morgan fingerprint density at radius 2 is 2.12 bits per heavy atom. The number of ether oxygens (including phenoxy) is 1. The second-order valence-electron chi connectivity index (χ2n) is 6.66. The van der Waals surface area contributed by atoms with Crippen molar-refractivity contribution in [2.45, 2.75) is 46.1 Å². The van der Waals surface area contributed by atoms with Crippen LogP contribution in [0.1, 0.15) is 40.4 Å². The van der Waals surface area contributed by atoms with Crippen molar-refractivity contribution < 1.29 is 14.1 Å². The highest BCUT2D eigenvalue weighted by atomic mass is 16.5. The number of nitrogens with one attached hydrogen (secondary N) is 1. The van der Waals surface area contributed by atoms with Crippen LogP contribution in [0.4, 0.5) is 5.82 Å². The summed E-state index contributed by atoms with van der Waals surface area (Å²) in [5, 5.41) is 6.98. The second kappa shape index (κ2) is 6.54. The summed E-state index contributed by atoms with van der Waals surface area (Å²) < 4.78 is 13.1. The van der Waals surface area contributed by atoms with Gasteiger partial charge in [-0.05, 0) is 13.8 Å². The molecule has 1 atom stereocenters. The Bertz CT molecular complexity index is 779. The lowest BCUT2D eigenvalue weighted by atomic mass is 9.93. The molecule has 2 aromatic rings. The van der Waals surface area contributed by atoms with Gasteiger partial charge in [-0.2, -0.15) is 0 Å². The lowest BCUT2D eigenvalue weighted by Crippen LogP contribution is -2.30. The van der Waals surface area contributed by atoms with Gasteiger partial charge in [0, 0.05) is 24.7 Å². The van der Waals surface area contributed by atoms with E-state index in [0.29, 0.717) is 24.0 Å². The van der Waals surface area contributed by atoms with Gasteiger partial charge in [-0.3, -0.25) is 4.57 Å². The Balaban J connectivity index is 2.39.